The first-order valence-corrected chi connectivity index (χ1v) is 13.8. The Labute approximate surface area is 237 Å². The molecule has 0 atom stereocenters. The van der Waals surface area contributed by atoms with Gasteiger partial charge in [-0.1, -0.05) is 84.9 Å². The van der Waals surface area contributed by atoms with Crippen LogP contribution in [0.15, 0.2) is 139 Å². The van der Waals surface area contributed by atoms with Gasteiger partial charge in [-0.15, -0.1) is 0 Å². The second-order valence-corrected chi connectivity index (χ2v) is 10.2. The van der Waals surface area contributed by atoms with Crippen LogP contribution in [0.1, 0.15) is 11.4 Å². The van der Waals surface area contributed by atoms with Crippen LogP contribution in [-0.2, 0) is 0 Å². The first-order valence-electron chi connectivity index (χ1n) is 13.8. The van der Waals surface area contributed by atoms with Gasteiger partial charge in [0.1, 0.15) is 5.65 Å². The molecule has 3 heterocycles. The third-order valence-corrected chi connectivity index (χ3v) is 7.67. The number of rotatable bonds is 4. The molecular formula is C36H25N5. The molecular weight excluding hydrogens is 502 g/mol. The summed E-state index contributed by atoms with van der Waals surface area (Å²) in [4.78, 5) is 15.0. The Balaban J connectivity index is 1.27. The normalized spacial score (nSPS) is 13.3. The van der Waals surface area contributed by atoms with Crippen LogP contribution in [0.5, 0.6) is 0 Å². The topological polar surface area (TPSA) is 54.6 Å². The Morgan fingerprint density at radius 3 is 1.85 bits per heavy atom. The number of nitrogens with zero attached hydrogens (tertiary/aromatic N) is 4. The van der Waals surface area contributed by atoms with Crippen molar-refractivity contribution < 1.29 is 0 Å². The summed E-state index contributed by atoms with van der Waals surface area (Å²) < 4.78 is 2.12. The van der Waals surface area contributed by atoms with E-state index in [2.05, 4.69) is 101 Å². The number of aliphatic imine (C=N–C) groups is 1. The molecule has 194 valence electrons. The zero-order valence-electron chi connectivity index (χ0n) is 22.2. The number of imidazole rings is 1. The standard InChI is InChI=1S/C36H25N5/c1-3-11-24(12-4-1)26-19-27(25-13-5-2-6-14-25)21-28(20-26)29-22-37-34(38-23-29)36-39-31-16-8-7-15-30(31)35-40-32-17-9-10-18-33(32)41(35)36/h1-22H,23H2,(H,37,38). The van der Waals surface area contributed by atoms with Gasteiger partial charge < -0.3 is 5.32 Å². The van der Waals surface area contributed by atoms with Crippen LogP contribution < -0.4 is 5.32 Å². The maximum atomic E-state index is 5.06. The van der Waals surface area contributed by atoms with Crippen molar-refractivity contribution in [2.24, 2.45) is 4.99 Å². The summed E-state index contributed by atoms with van der Waals surface area (Å²) in [5.41, 5.74) is 10.7. The predicted molar refractivity (Wildman–Crippen MR) is 168 cm³/mol. The van der Waals surface area contributed by atoms with Gasteiger partial charge in [0.2, 0.25) is 0 Å². The van der Waals surface area contributed by atoms with E-state index in [0.29, 0.717) is 6.54 Å². The highest BCUT2D eigenvalue weighted by atomic mass is 15.1. The fourth-order valence-corrected chi connectivity index (χ4v) is 5.64. The zero-order valence-corrected chi connectivity index (χ0v) is 22.2. The molecule has 8 rings (SSSR count). The van der Waals surface area contributed by atoms with E-state index < -0.39 is 0 Å². The molecule has 0 spiro atoms. The largest absolute Gasteiger partial charge is 0.363 e. The Bertz CT molecular complexity index is 2080. The molecule has 41 heavy (non-hydrogen) atoms. The van der Waals surface area contributed by atoms with E-state index in [1.54, 1.807) is 0 Å². The molecule has 1 aliphatic heterocycles. The Kier molecular flexibility index (Phi) is 5.45. The van der Waals surface area contributed by atoms with Crippen molar-refractivity contribution in [1.29, 1.82) is 0 Å². The highest BCUT2D eigenvalue weighted by Crippen LogP contribution is 2.32. The molecule has 0 radical (unpaired) electrons. The summed E-state index contributed by atoms with van der Waals surface area (Å²) in [7, 11) is 0. The van der Waals surface area contributed by atoms with E-state index in [4.69, 9.17) is 15.0 Å². The summed E-state index contributed by atoms with van der Waals surface area (Å²) in [6.07, 6.45) is 1.98. The molecule has 2 aromatic heterocycles. The predicted octanol–water partition coefficient (Wildman–Crippen LogP) is 7.76. The van der Waals surface area contributed by atoms with Crippen LogP contribution >= 0.6 is 0 Å². The van der Waals surface area contributed by atoms with E-state index in [0.717, 1.165) is 50.4 Å². The molecule has 0 fully saturated rings. The first kappa shape index (κ1) is 23.3. The van der Waals surface area contributed by atoms with Crippen LogP contribution in [0.3, 0.4) is 0 Å². The van der Waals surface area contributed by atoms with Gasteiger partial charge in [0.05, 0.1) is 16.6 Å². The van der Waals surface area contributed by atoms with Crippen molar-refractivity contribution in [3.05, 3.63) is 145 Å². The van der Waals surface area contributed by atoms with E-state index in [1.165, 1.54) is 22.3 Å². The maximum Gasteiger partial charge on any atom is 0.182 e. The minimum Gasteiger partial charge on any atom is -0.363 e. The van der Waals surface area contributed by atoms with Crippen molar-refractivity contribution in [1.82, 2.24) is 19.7 Å². The quantitative estimate of drug-likeness (QED) is 0.255. The molecule has 1 aliphatic rings. The summed E-state index contributed by atoms with van der Waals surface area (Å²) in [5, 5.41) is 4.60. The van der Waals surface area contributed by atoms with Crippen LogP contribution in [0.4, 0.5) is 0 Å². The summed E-state index contributed by atoms with van der Waals surface area (Å²) in [5.74, 6) is 1.49. The molecule has 7 aromatic rings. The van der Waals surface area contributed by atoms with Crippen molar-refractivity contribution in [3.8, 4) is 22.3 Å². The van der Waals surface area contributed by atoms with E-state index in [9.17, 15) is 0 Å². The number of amidine groups is 1. The van der Waals surface area contributed by atoms with Crippen molar-refractivity contribution in [2.45, 2.75) is 0 Å². The molecule has 5 heteroatoms. The number of aromatic nitrogens is 3. The molecule has 0 bridgehead atoms. The average molecular weight is 528 g/mol. The van der Waals surface area contributed by atoms with E-state index in [1.807, 2.05) is 42.6 Å². The number of hydrogen-bond donors (Lipinski definition) is 1. The SMILES string of the molecule is C1=C(c2cc(-c3ccccc3)cc(-c3ccccc3)c2)CNC(c2nc3ccccc3c3nc4ccccc4n23)=N1. The van der Waals surface area contributed by atoms with E-state index in [-0.39, 0.29) is 0 Å². The van der Waals surface area contributed by atoms with Gasteiger partial charge in [-0.3, -0.25) is 4.40 Å². The molecule has 0 amide bonds. The number of benzene rings is 5. The van der Waals surface area contributed by atoms with Crippen LogP contribution in [0.25, 0.3) is 55.4 Å². The highest BCUT2D eigenvalue weighted by Gasteiger charge is 2.20. The lowest BCUT2D eigenvalue weighted by atomic mass is 9.93. The highest BCUT2D eigenvalue weighted by molar-refractivity contribution is 6.05. The lowest BCUT2D eigenvalue weighted by Gasteiger charge is -2.19. The molecule has 5 nitrogen and oxygen atoms in total. The number of hydrogen-bond acceptors (Lipinski definition) is 4. The van der Waals surface area contributed by atoms with Gasteiger partial charge >= 0.3 is 0 Å². The fourth-order valence-electron chi connectivity index (χ4n) is 5.64. The van der Waals surface area contributed by atoms with E-state index >= 15 is 0 Å². The second-order valence-electron chi connectivity index (χ2n) is 10.2. The Morgan fingerprint density at radius 2 is 1.17 bits per heavy atom. The van der Waals surface area contributed by atoms with Gasteiger partial charge in [0.25, 0.3) is 0 Å². The van der Waals surface area contributed by atoms with Gasteiger partial charge in [-0.05, 0) is 75.9 Å². The minimum atomic E-state index is 0.633. The van der Waals surface area contributed by atoms with Crippen LogP contribution in [0.2, 0.25) is 0 Å². The molecule has 5 aromatic carbocycles. The summed E-state index contributed by atoms with van der Waals surface area (Å²) in [6.45, 7) is 0.633. The maximum absolute atomic E-state index is 5.06. The second kappa shape index (κ2) is 9.57. The third-order valence-electron chi connectivity index (χ3n) is 7.67. The van der Waals surface area contributed by atoms with Gasteiger partial charge in [0, 0.05) is 18.1 Å². The third kappa shape index (κ3) is 4.07. The van der Waals surface area contributed by atoms with Crippen molar-refractivity contribution in [3.63, 3.8) is 0 Å². The van der Waals surface area contributed by atoms with Crippen molar-refractivity contribution >= 4 is 39.0 Å². The minimum absolute atomic E-state index is 0.633. The average Bonchev–Trinajstić information content (AvgIpc) is 3.45. The van der Waals surface area contributed by atoms with Crippen LogP contribution in [-0.4, -0.2) is 26.7 Å². The Hall–Kier alpha value is -5.55. The molecule has 0 unspecified atom stereocenters. The fraction of sp³-hybridized carbons (Fsp3) is 0.0278. The van der Waals surface area contributed by atoms with Crippen LogP contribution in [0, 0.1) is 0 Å². The van der Waals surface area contributed by atoms with Gasteiger partial charge in [-0.25, -0.2) is 15.0 Å². The monoisotopic (exact) mass is 527 g/mol. The lowest BCUT2D eigenvalue weighted by molar-refractivity contribution is 0.985. The Morgan fingerprint density at radius 1 is 0.561 bits per heavy atom. The molecule has 0 aliphatic carbocycles. The zero-order chi connectivity index (χ0) is 27.2. The number of nitrogens with one attached hydrogen (secondary N) is 1. The number of fused-ring (bicyclic) bond motifs is 5. The lowest BCUT2D eigenvalue weighted by Crippen LogP contribution is -2.31. The van der Waals surface area contributed by atoms with Crippen molar-refractivity contribution in [2.75, 3.05) is 6.54 Å². The first-order chi connectivity index (χ1) is 20.3. The van der Waals surface area contributed by atoms with Gasteiger partial charge in [-0.2, -0.15) is 0 Å². The molecule has 0 saturated heterocycles. The molecule has 0 saturated carbocycles. The molecule has 1 N–H and O–H groups in total. The smallest absolute Gasteiger partial charge is 0.182 e. The summed E-state index contributed by atoms with van der Waals surface area (Å²) >= 11 is 0. The number of para-hydroxylation sites is 3. The van der Waals surface area contributed by atoms with Gasteiger partial charge in [0.15, 0.2) is 11.7 Å². The summed E-state index contributed by atoms with van der Waals surface area (Å²) in [6, 6.07) is 44.2.